The predicted octanol–water partition coefficient (Wildman–Crippen LogP) is 3.61. The molecule has 0 radical (unpaired) electrons. The Morgan fingerprint density at radius 2 is 2.07 bits per heavy atom. The summed E-state index contributed by atoms with van der Waals surface area (Å²) in [5, 5.41) is 6.62. The van der Waals surface area contributed by atoms with Gasteiger partial charge in [0, 0.05) is 26.2 Å². The Hall–Kier alpha value is -1.52. The van der Waals surface area contributed by atoms with Crippen LogP contribution in [0.25, 0.3) is 0 Å². The van der Waals surface area contributed by atoms with E-state index in [0.717, 1.165) is 49.9 Å². The molecule has 1 aromatic rings. The maximum Gasteiger partial charge on any atom is 0.410 e. The quantitative estimate of drug-likeness (QED) is 0.350. The number of aromatic nitrogens is 1. The number of halogens is 1. The molecule has 1 unspecified atom stereocenters. The second-order valence-electron chi connectivity index (χ2n) is 8.26. The molecule has 0 bridgehead atoms. The summed E-state index contributed by atoms with van der Waals surface area (Å²) in [7, 11) is 0. The van der Waals surface area contributed by atoms with E-state index in [1.807, 2.05) is 46.4 Å². The maximum absolute atomic E-state index is 12.3. The summed E-state index contributed by atoms with van der Waals surface area (Å²) in [6.07, 6.45) is 1.82. The first-order valence-electron chi connectivity index (χ1n) is 10.1. The van der Waals surface area contributed by atoms with Crippen molar-refractivity contribution in [2.45, 2.75) is 66.5 Å². The average molecular weight is 521 g/mol. The fourth-order valence-electron chi connectivity index (χ4n) is 3.06. The Morgan fingerprint density at radius 3 is 2.66 bits per heavy atom. The van der Waals surface area contributed by atoms with Crippen LogP contribution in [0.15, 0.2) is 9.41 Å². The van der Waals surface area contributed by atoms with Gasteiger partial charge in [-0.3, -0.25) is 0 Å². The Bertz CT molecular complexity index is 665. The molecule has 1 saturated heterocycles. The van der Waals surface area contributed by atoms with Crippen molar-refractivity contribution in [3.8, 4) is 0 Å². The SMILES string of the molecule is CCNC(=NCc1nc(C)c(C)o1)NCC1CCCN(C(=O)OC(C)(C)C)C1.I. The number of guanidine groups is 1. The number of oxazole rings is 1. The molecule has 29 heavy (non-hydrogen) atoms. The van der Waals surface area contributed by atoms with Crippen molar-refractivity contribution in [1.82, 2.24) is 20.5 Å². The van der Waals surface area contributed by atoms with Crippen LogP contribution in [-0.4, -0.2) is 53.7 Å². The average Bonchev–Trinajstić information content (AvgIpc) is 2.94. The number of hydrogen-bond donors (Lipinski definition) is 2. The molecule has 0 aromatic carbocycles. The van der Waals surface area contributed by atoms with Gasteiger partial charge in [0.2, 0.25) is 5.89 Å². The number of nitrogens with one attached hydrogen (secondary N) is 2. The van der Waals surface area contributed by atoms with Crippen LogP contribution < -0.4 is 10.6 Å². The van der Waals surface area contributed by atoms with Crippen molar-refractivity contribution in [2.75, 3.05) is 26.2 Å². The molecule has 1 amide bonds. The highest BCUT2D eigenvalue weighted by Gasteiger charge is 2.27. The Balaban J connectivity index is 0.00000420. The van der Waals surface area contributed by atoms with Gasteiger partial charge < -0.3 is 24.7 Å². The van der Waals surface area contributed by atoms with Crippen molar-refractivity contribution < 1.29 is 13.9 Å². The van der Waals surface area contributed by atoms with Crippen LogP contribution >= 0.6 is 24.0 Å². The number of carbonyl (C=O) groups excluding carboxylic acids is 1. The second kappa shape index (κ2) is 11.6. The van der Waals surface area contributed by atoms with Gasteiger partial charge >= 0.3 is 6.09 Å². The number of carbonyl (C=O) groups is 1. The lowest BCUT2D eigenvalue weighted by Gasteiger charge is -2.34. The molecule has 166 valence electrons. The lowest BCUT2D eigenvalue weighted by molar-refractivity contribution is 0.0168. The van der Waals surface area contributed by atoms with Crippen LogP contribution in [0.4, 0.5) is 4.79 Å². The van der Waals surface area contributed by atoms with E-state index >= 15 is 0 Å². The molecule has 1 aliphatic rings. The summed E-state index contributed by atoms with van der Waals surface area (Å²) in [5.41, 5.74) is 0.427. The zero-order valence-electron chi connectivity index (χ0n) is 18.5. The fourth-order valence-corrected chi connectivity index (χ4v) is 3.06. The molecule has 1 aromatic heterocycles. The van der Waals surface area contributed by atoms with E-state index in [1.165, 1.54) is 0 Å². The number of likely N-dealkylation sites (tertiary alicyclic amines) is 1. The summed E-state index contributed by atoms with van der Waals surface area (Å²) in [6.45, 7) is 14.9. The first-order valence-corrected chi connectivity index (χ1v) is 10.1. The monoisotopic (exact) mass is 521 g/mol. The minimum atomic E-state index is -0.469. The minimum Gasteiger partial charge on any atom is -0.444 e. The van der Waals surface area contributed by atoms with E-state index in [-0.39, 0.29) is 30.1 Å². The normalized spacial score (nSPS) is 17.5. The molecular weight excluding hydrogens is 485 g/mol. The highest BCUT2D eigenvalue weighted by molar-refractivity contribution is 14.0. The van der Waals surface area contributed by atoms with Gasteiger partial charge in [-0.05, 0) is 60.3 Å². The molecule has 0 aliphatic carbocycles. The summed E-state index contributed by atoms with van der Waals surface area (Å²) < 4.78 is 11.1. The number of piperidine rings is 1. The second-order valence-corrected chi connectivity index (χ2v) is 8.26. The van der Waals surface area contributed by atoms with Crippen LogP contribution in [0.2, 0.25) is 0 Å². The highest BCUT2D eigenvalue weighted by atomic mass is 127. The van der Waals surface area contributed by atoms with Crippen molar-refractivity contribution in [1.29, 1.82) is 0 Å². The first kappa shape index (κ1) is 25.5. The van der Waals surface area contributed by atoms with Gasteiger partial charge in [-0.1, -0.05) is 0 Å². The summed E-state index contributed by atoms with van der Waals surface area (Å²) in [6, 6.07) is 0. The van der Waals surface area contributed by atoms with E-state index in [2.05, 4.69) is 20.6 Å². The third kappa shape index (κ3) is 8.79. The molecule has 1 fully saturated rings. The standard InChI is InChI=1S/C20H35N5O3.HI/c1-7-21-18(23-12-17-24-14(2)15(3)27-17)22-11-16-9-8-10-25(13-16)19(26)28-20(4,5)6;/h16H,7-13H2,1-6H3,(H2,21,22,23);1H. The van der Waals surface area contributed by atoms with Crippen molar-refractivity contribution in [3.63, 3.8) is 0 Å². The van der Waals surface area contributed by atoms with Crippen molar-refractivity contribution >= 4 is 36.0 Å². The van der Waals surface area contributed by atoms with E-state index in [4.69, 9.17) is 9.15 Å². The number of aliphatic imine (C=N–C) groups is 1. The van der Waals surface area contributed by atoms with Gasteiger partial charge in [0.05, 0.1) is 5.69 Å². The number of aryl methyl sites for hydroxylation is 2. The lowest BCUT2D eigenvalue weighted by Crippen LogP contribution is -2.47. The van der Waals surface area contributed by atoms with Crippen molar-refractivity contribution in [3.05, 3.63) is 17.3 Å². The maximum atomic E-state index is 12.3. The zero-order valence-corrected chi connectivity index (χ0v) is 20.8. The number of nitrogens with zero attached hydrogens (tertiary/aromatic N) is 3. The molecule has 1 aliphatic heterocycles. The summed E-state index contributed by atoms with van der Waals surface area (Å²) in [4.78, 5) is 23.0. The lowest BCUT2D eigenvalue weighted by atomic mass is 9.98. The van der Waals surface area contributed by atoms with Crippen LogP contribution in [0.5, 0.6) is 0 Å². The molecule has 9 heteroatoms. The topological polar surface area (TPSA) is 92.0 Å². The first-order chi connectivity index (χ1) is 13.2. The van der Waals surface area contributed by atoms with Crippen LogP contribution in [0.3, 0.4) is 0 Å². The highest BCUT2D eigenvalue weighted by Crippen LogP contribution is 2.19. The largest absolute Gasteiger partial charge is 0.444 e. The molecule has 8 nitrogen and oxygen atoms in total. The Labute approximate surface area is 191 Å². The van der Waals surface area contributed by atoms with E-state index in [9.17, 15) is 4.79 Å². The third-order valence-electron chi connectivity index (χ3n) is 4.52. The van der Waals surface area contributed by atoms with Gasteiger partial charge in [0.15, 0.2) is 5.96 Å². The minimum absolute atomic E-state index is 0. The Morgan fingerprint density at radius 1 is 1.34 bits per heavy atom. The molecule has 2 heterocycles. The van der Waals surface area contributed by atoms with Gasteiger partial charge in [-0.15, -0.1) is 24.0 Å². The van der Waals surface area contributed by atoms with Crippen molar-refractivity contribution in [2.24, 2.45) is 10.9 Å². The van der Waals surface area contributed by atoms with E-state index in [0.29, 0.717) is 24.9 Å². The van der Waals surface area contributed by atoms with E-state index in [1.54, 1.807) is 0 Å². The molecule has 1 atom stereocenters. The molecular formula is C20H36IN5O3. The number of rotatable bonds is 5. The molecule has 0 saturated carbocycles. The van der Waals surface area contributed by atoms with Gasteiger partial charge in [0.1, 0.15) is 17.9 Å². The molecule has 0 spiro atoms. The molecule has 2 N–H and O–H groups in total. The zero-order chi connectivity index (χ0) is 20.7. The van der Waals surface area contributed by atoms with Gasteiger partial charge in [-0.2, -0.15) is 0 Å². The van der Waals surface area contributed by atoms with Crippen LogP contribution in [0.1, 0.15) is 57.9 Å². The van der Waals surface area contributed by atoms with E-state index < -0.39 is 5.60 Å². The number of ether oxygens (including phenoxy) is 1. The third-order valence-corrected chi connectivity index (χ3v) is 4.52. The Kier molecular flexibility index (Phi) is 10.2. The van der Waals surface area contributed by atoms with Gasteiger partial charge in [0.25, 0.3) is 0 Å². The predicted molar refractivity (Wildman–Crippen MR) is 125 cm³/mol. The summed E-state index contributed by atoms with van der Waals surface area (Å²) in [5.74, 6) is 2.52. The molecule has 2 rings (SSSR count). The number of hydrogen-bond acceptors (Lipinski definition) is 5. The summed E-state index contributed by atoms with van der Waals surface area (Å²) >= 11 is 0. The van der Waals surface area contributed by atoms with Gasteiger partial charge in [-0.25, -0.2) is 14.8 Å². The number of amides is 1. The van der Waals surface area contributed by atoms with Crippen LogP contribution in [-0.2, 0) is 11.3 Å². The smallest absolute Gasteiger partial charge is 0.410 e. The van der Waals surface area contributed by atoms with Crippen LogP contribution in [0, 0.1) is 19.8 Å². The fraction of sp³-hybridized carbons (Fsp3) is 0.750.